The molecule has 4 rings (SSSR count). The van der Waals surface area contributed by atoms with Crippen molar-refractivity contribution in [1.82, 2.24) is 15.3 Å². The van der Waals surface area contributed by atoms with Gasteiger partial charge in [0.15, 0.2) is 0 Å². The molecule has 132 valence electrons. The van der Waals surface area contributed by atoms with Crippen LogP contribution in [0.25, 0.3) is 0 Å². The Morgan fingerprint density at radius 1 is 1.16 bits per heavy atom. The summed E-state index contributed by atoms with van der Waals surface area (Å²) in [6.45, 7) is 6.45. The first-order valence-corrected chi connectivity index (χ1v) is 9.27. The molecule has 1 aromatic carbocycles. The summed E-state index contributed by atoms with van der Waals surface area (Å²) >= 11 is 0. The van der Waals surface area contributed by atoms with Crippen LogP contribution in [0.15, 0.2) is 18.5 Å². The van der Waals surface area contributed by atoms with Gasteiger partial charge in [-0.25, -0.2) is 9.97 Å². The summed E-state index contributed by atoms with van der Waals surface area (Å²) in [6.07, 6.45) is 7.93. The molecule has 0 amide bonds. The maximum absolute atomic E-state index is 5.92. The van der Waals surface area contributed by atoms with Crippen LogP contribution in [-0.2, 0) is 5.54 Å². The van der Waals surface area contributed by atoms with Crippen LogP contribution in [-0.4, -0.2) is 9.97 Å². The number of nitrogens with two attached hydrogens (primary N) is 1. The molecule has 1 saturated carbocycles. The average Bonchev–Trinajstić information content (AvgIpc) is 2.85. The SMILES string of the molecule is Cc1cc(Nc2ncnc(N)c2C)cc2c1C(C)NC21CCCCC1. The summed E-state index contributed by atoms with van der Waals surface area (Å²) in [7, 11) is 0. The van der Waals surface area contributed by atoms with Crippen LogP contribution in [0.3, 0.4) is 0 Å². The van der Waals surface area contributed by atoms with Crippen LogP contribution in [0.1, 0.15) is 67.3 Å². The standard InChI is InChI=1S/C20H27N5/c1-12-9-15(24-19-13(2)18(21)22-11-23-19)10-16-17(12)14(3)25-20(16)7-5-4-6-8-20/h9-11,14,25H,4-8H2,1-3H3,(H3,21,22,23,24). The fourth-order valence-electron chi connectivity index (χ4n) is 4.70. The van der Waals surface area contributed by atoms with E-state index in [1.165, 1.54) is 55.1 Å². The number of aryl methyl sites for hydroxylation is 1. The number of anilines is 3. The quantitative estimate of drug-likeness (QED) is 0.764. The summed E-state index contributed by atoms with van der Waals surface area (Å²) in [6, 6.07) is 4.96. The molecule has 1 spiro atoms. The van der Waals surface area contributed by atoms with Gasteiger partial charge in [-0.15, -0.1) is 0 Å². The molecule has 1 unspecified atom stereocenters. The summed E-state index contributed by atoms with van der Waals surface area (Å²) in [5.74, 6) is 1.30. The zero-order chi connectivity index (χ0) is 17.6. The Balaban J connectivity index is 1.76. The first-order chi connectivity index (χ1) is 12.0. The highest BCUT2D eigenvalue weighted by Crippen LogP contribution is 2.48. The first kappa shape index (κ1) is 16.3. The lowest BCUT2D eigenvalue weighted by Crippen LogP contribution is -2.39. The Kier molecular flexibility index (Phi) is 3.91. The van der Waals surface area contributed by atoms with Crippen LogP contribution in [0.5, 0.6) is 0 Å². The normalized spacial score (nSPS) is 21.3. The van der Waals surface area contributed by atoms with E-state index in [2.05, 4.69) is 46.6 Å². The second-order valence-electron chi connectivity index (χ2n) is 7.62. The number of nitrogens with zero attached hydrogens (tertiary/aromatic N) is 2. The molecule has 1 aromatic heterocycles. The van der Waals surface area contributed by atoms with Gasteiger partial charge < -0.3 is 16.4 Å². The molecule has 0 radical (unpaired) electrons. The van der Waals surface area contributed by atoms with E-state index in [-0.39, 0.29) is 5.54 Å². The summed E-state index contributed by atoms with van der Waals surface area (Å²) in [4.78, 5) is 8.41. The highest BCUT2D eigenvalue weighted by Gasteiger charge is 2.43. The minimum absolute atomic E-state index is 0.148. The fourth-order valence-corrected chi connectivity index (χ4v) is 4.70. The fraction of sp³-hybridized carbons (Fsp3) is 0.500. The maximum atomic E-state index is 5.92. The lowest BCUT2D eigenvalue weighted by atomic mass is 9.77. The highest BCUT2D eigenvalue weighted by atomic mass is 15.1. The molecule has 0 bridgehead atoms. The number of fused-ring (bicyclic) bond motifs is 2. The molecule has 2 aromatic rings. The third-order valence-corrected chi connectivity index (χ3v) is 5.92. The number of hydrogen-bond donors (Lipinski definition) is 3. The van der Waals surface area contributed by atoms with Crippen LogP contribution >= 0.6 is 0 Å². The van der Waals surface area contributed by atoms with E-state index in [0.29, 0.717) is 11.9 Å². The van der Waals surface area contributed by atoms with Crippen molar-refractivity contribution in [2.24, 2.45) is 0 Å². The second kappa shape index (κ2) is 5.99. The largest absolute Gasteiger partial charge is 0.383 e. The van der Waals surface area contributed by atoms with Crippen molar-refractivity contribution in [1.29, 1.82) is 0 Å². The smallest absolute Gasteiger partial charge is 0.138 e. The number of hydrogen-bond acceptors (Lipinski definition) is 5. The van der Waals surface area contributed by atoms with Gasteiger partial charge in [-0.3, -0.25) is 0 Å². The van der Waals surface area contributed by atoms with Crippen LogP contribution in [0.4, 0.5) is 17.3 Å². The lowest BCUT2D eigenvalue weighted by molar-refractivity contribution is 0.238. The zero-order valence-corrected chi connectivity index (χ0v) is 15.3. The van der Waals surface area contributed by atoms with Crippen molar-refractivity contribution in [2.45, 2.75) is 64.5 Å². The molecule has 1 atom stereocenters. The van der Waals surface area contributed by atoms with Gasteiger partial charge in [-0.05, 0) is 62.4 Å². The van der Waals surface area contributed by atoms with Crippen LogP contribution in [0, 0.1) is 13.8 Å². The van der Waals surface area contributed by atoms with Gasteiger partial charge in [-0.1, -0.05) is 19.3 Å². The van der Waals surface area contributed by atoms with E-state index in [0.717, 1.165) is 17.1 Å². The molecule has 2 aliphatic rings. The molecule has 0 saturated heterocycles. The van der Waals surface area contributed by atoms with Gasteiger partial charge in [0.2, 0.25) is 0 Å². The van der Waals surface area contributed by atoms with Crippen LogP contribution in [0.2, 0.25) is 0 Å². The lowest BCUT2D eigenvalue weighted by Gasteiger charge is -2.35. The zero-order valence-electron chi connectivity index (χ0n) is 15.3. The third-order valence-electron chi connectivity index (χ3n) is 5.92. The molecule has 2 heterocycles. The van der Waals surface area contributed by atoms with Gasteiger partial charge in [0.25, 0.3) is 0 Å². The van der Waals surface area contributed by atoms with Gasteiger partial charge >= 0.3 is 0 Å². The molecule has 1 fully saturated rings. The number of benzene rings is 1. The molecule has 25 heavy (non-hydrogen) atoms. The van der Waals surface area contributed by atoms with Crippen molar-refractivity contribution in [3.05, 3.63) is 40.7 Å². The minimum Gasteiger partial charge on any atom is -0.383 e. The Labute approximate surface area is 149 Å². The van der Waals surface area contributed by atoms with Crippen molar-refractivity contribution in [3.63, 3.8) is 0 Å². The predicted molar refractivity (Wildman–Crippen MR) is 102 cm³/mol. The Morgan fingerprint density at radius 3 is 2.68 bits per heavy atom. The molecule has 5 heteroatoms. The second-order valence-corrected chi connectivity index (χ2v) is 7.62. The van der Waals surface area contributed by atoms with Crippen LogP contribution < -0.4 is 16.4 Å². The van der Waals surface area contributed by atoms with Gasteiger partial charge in [0, 0.05) is 22.8 Å². The summed E-state index contributed by atoms with van der Waals surface area (Å²) in [5.41, 5.74) is 12.3. The number of rotatable bonds is 2. The molecular weight excluding hydrogens is 310 g/mol. The highest BCUT2D eigenvalue weighted by molar-refractivity contribution is 5.66. The monoisotopic (exact) mass is 337 g/mol. The topological polar surface area (TPSA) is 75.9 Å². The van der Waals surface area contributed by atoms with E-state index in [1.807, 2.05) is 6.92 Å². The number of aromatic nitrogens is 2. The van der Waals surface area contributed by atoms with Gasteiger partial charge in [0.05, 0.1) is 0 Å². The molecule has 1 aliphatic carbocycles. The maximum Gasteiger partial charge on any atom is 0.138 e. The number of nitrogen functional groups attached to an aromatic ring is 1. The average molecular weight is 337 g/mol. The summed E-state index contributed by atoms with van der Waals surface area (Å²) < 4.78 is 0. The predicted octanol–water partition coefficient (Wildman–Crippen LogP) is 4.24. The van der Waals surface area contributed by atoms with Gasteiger partial charge in [-0.2, -0.15) is 0 Å². The Morgan fingerprint density at radius 2 is 1.92 bits per heavy atom. The van der Waals surface area contributed by atoms with Crippen molar-refractivity contribution in [2.75, 3.05) is 11.1 Å². The Bertz CT molecular complexity index is 808. The van der Waals surface area contributed by atoms with E-state index in [1.54, 1.807) is 0 Å². The van der Waals surface area contributed by atoms with Crippen molar-refractivity contribution in [3.8, 4) is 0 Å². The molecular formula is C20H27N5. The molecule has 5 nitrogen and oxygen atoms in total. The van der Waals surface area contributed by atoms with E-state index in [9.17, 15) is 0 Å². The third kappa shape index (κ3) is 2.67. The van der Waals surface area contributed by atoms with Crippen molar-refractivity contribution >= 4 is 17.3 Å². The summed E-state index contributed by atoms with van der Waals surface area (Å²) in [5, 5.41) is 7.38. The van der Waals surface area contributed by atoms with E-state index in [4.69, 9.17) is 5.73 Å². The van der Waals surface area contributed by atoms with Crippen molar-refractivity contribution < 1.29 is 0 Å². The molecule has 1 aliphatic heterocycles. The number of nitrogens with one attached hydrogen (secondary N) is 2. The molecule has 4 N–H and O–H groups in total. The first-order valence-electron chi connectivity index (χ1n) is 9.27. The minimum atomic E-state index is 0.148. The van der Waals surface area contributed by atoms with Gasteiger partial charge in [0.1, 0.15) is 18.0 Å². The Hall–Kier alpha value is -2.14. The van der Waals surface area contributed by atoms with E-state index < -0.39 is 0 Å². The van der Waals surface area contributed by atoms with E-state index >= 15 is 0 Å².